The zero-order valence-electron chi connectivity index (χ0n) is 9.67. The van der Waals surface area contributed by atoms with Gasteiger partial charge >= 0.3 is 0 Å². The smallest absolute Gasteiger partial charge is 0.164 e. The van der Waals surface area contributed by atoms with Crippen LogP contribution in [0.25, 0.3) is 0 Å². The number of methoxy groups -OCH3 is 1. The average Bonchev–Trinajstić information content (AvgIpc) is 2.97. The average molecular weight is 253 g/mol. The Morgan fingerprint density at radius 1 is 1.47 bits per heavy atom. The van der Waals surface area contributed by atoms with E-state index in [1.54, 1.807) is 35.7 Å². The highest BCUT2D eigenvalue weighted by molar-refractivity contribution is 7.09. The number of rotatable bonds is 7. The lowest BCUT2D eigenvalue weighted by molar-refractivity contribution is 0.199. The van der Waals surface area contributed by atoms with Gasteiger partial charge in [-0.3, -0.25) is 0 Å². The van der Waals surface area contributed by atoms with E-state index in [1.165, 1.54) is 0 Å². The Morgan fingerprint density at radius 2 is 2.41 bits per heavy atom. The minimum Gasteiger partial charge on any atom is -0.383 e. The van der Waals surface area contributed by atoms with Crippen molar-refractivity contribution in [3.63, 3.8) is 0 Å². The lowest BCUT2D eigenvalue weighted by Gasteiger charge is -1.99. The minimum absolute atomic E-state index is 0.661. The standard InChI is InChI=1S/C10H15N5OS/c1-16-4-2-11-6-9-13-8-15(14-9)7-10-12-3-5-17-10/h3,5,8,11H,2,4,6-7H2,1H3. The van der Waals surface area contributed by atoms with Gasteiger partial charge in [-0.05, 0) is 0 Å². The van der Waals surface area contributed by atoms with E-state index >= 15 is 0 Å². The van der Waals surface area contributed by atoms with Crippen LogP contribution in [-0.2, 0) is 17.8 Å². The molecule has 7 heteroatoms. The highest BCUT2D eigenvalue weighted by atomic mass is 32.1. The molecular weight excluding hydrogens is 238 g/mol. The summed E-state index contributed by atoms with van der Waals surface area (Å²) in [5, 5.41) is 10.5. The molecule has 0 saturated heterocycles. The molecule has 6 nitrogen and oxygen atoms in total. The molecule has 1 N–H and O–H groups in total. The second-order valence-corrected chi connectivity index (χ2v) is 4.43. The van der Waals surface area contributed by atoms with E-state index in [4.69, 9.17) is 4.74 Å². The first kappa shape index (κ1) is 12.2. The summed E-state index contributed by atoms with van der Waals surface area (Å²) < 4.78 is 6.74. The second-order valence-electron chi connectivity index (χ2n) is 3.45. The normalized spacial score (nSPS) is 10.9. The summed E-state index contributed by atoms with van der Waals surface area (Å²) in [5.41, 5.74) is 0. The zero-order chi connectivity index (χ0) is 11.9. The highest BCUT2D eigenvalue weighted by Crippen LogP contribution is 2.05. The van der Waals surface area contributed by atoms with Crippen LogP contribution in [0.3, 0.4) is 0 Å². The molecule has 2 aromatic heterocycles. The van der Waals surface area contributed by atoms with Gasteiger partial charge in [0.1, 0.15) is 11.3 Å². The first-order valence-electron chi connectivity index (χ1n) is 5.35. The molecule has 17 heavy (non-hydrogen) atoms. The third-order valence-electron chi connectivity index (χ3n) is 2.13. The van der Waals surface area contributed by atoms with E-state index in [0.29, 0.717) is 19.7 Å². The summed E-state index contributed by atoms with van der Waals surface area (Å²) in [5.74, 6) is 0.789. The lowest BCUT2D eigenvalue weighted by Crippen LogP contribution is -2.19. The molecule has 0 aliphatic carbocycles. The minimum atomic E-state index is 0.661. The van der Waals surface area contributed by atoms with Crippen LogP contribution in [0.2, 0.25) is 0 Å². The SMILES string of the molecule is COCCNCc1ncn(Cc2nccs2)n1. The largest absolute Gasteiger partial charge is 0.383 e. The van der Waals surface area contributed by atoms with Crippen LogP contribution in [0, 0.1) is 0 Å². The first-order chi connectivity index (χ1) is 8.38. The summed E-state index contributed by atoms with van der Waals surface area (Å²) >= 11 is 1.62. The summed E-state index contributed by atoms with van der Waals surface area (Å²) in [6, 6.07) is 0. The quantitative estimate of drug-likeness (QED) is 0.729. The van der Waals surface area contributed by atoms with E-state index < -0.39 is 0 Å². The van der Waals surface area contributed by atoms with Crippen LogP contribution in [0.1, 0.15) is 10.8 Å². The lowest BCUT2D eigenvalue weighted by atomic mass is 10.5. The molecule has 92 valence electrons. The van der Waals surface area contributed by atoms with E-state index in [1.807, 2.05) is 5.38 Å². The third kappa shape index (κ3) is 3.88. The molecule has 0 unspecified atom stereocenters. The van der Waals surface area contributed by atoms with Crippen LogP contribution < -0.4 is 5.32 Å². The molecule has 0 fully saturated rings. The van der Waals surface area contributed by atoms with Crippen molar-refractivity contribution < 1.29 is 4.74 Å². The summed E-state index contributed by atoms with van der Waals surface area (Å²) in [6.07, 6.45) is 3.53. The monoisotopic (exact) mass is 253 g/mol. The number of ether oxygens (including phenoxy) is 1. The molecule has 0 saturated carbocycles. The van der Waals surface area contributed by atoms with Crippen LogP contribution in [0.4, 0.5) is 0 Å². The van der Waals surface area contributed by atoms with Crippen LogP contribution in [0.15, 0.2) is 17.9 Å². The topological polar surface area (TPSA) is 64.9 Å². The van der Waals surface area contributed by atoms with Gasteiger partial charge in [0, 0.05) is 25.2 Å². The summed E-state index contributed by atoms with van der Waals surface area (Å²) in [6.45, 7) is 2.84. The zero-order valence-corrected chi connectivity index (χ0v) is 10.5. The van der Waals surface area contributed by atoms with Gasteiger partial charge in [0.15, 0.2) is 5.82 Å². The Hall–Kier alpha value is -1.31. The van der Waals surface area contributed by atoms with E-state index in [2.05, 4.69) is 20.4 Å². The van der Waals surface area contributed by atoms with Gasteiger partial charge in [0.2, 0.25) is 0 Å². The Labute approximate surface area is 104 Å². The van der Waals surface area contributed by atoms with Gasteiger partial charge in [0.05, 0.1) is 19.7 Å². The second kappa shape index (κ2) is 6.43. The molecule has 2 heterocycles. The Bertz CT molecular complexity index is 428. The van der Waals surface area contributed by atoms with Crippen LogP contribution in [0.5, 0.6) is 0 Å². The molecule has 0 aliphatic rings. The number of nitrogens with zero attached hydrogens (tertiary/aromatic N) is 4. The molecule has 0 aliphatic heterocycles. The van der Waals surface area contributed by atoms with E-state index in [-0.39, 0.29) is 0 Å². The Kier molecular flexibility index (Phi) is 4.60. The number of hydrogen-bond donors (Lipinski definition) is 1. The third-order valence-corrected chi connectivity index (χ3v) is 2.90. The molecule has 0 atom stereocenters. The fourth-order valence-electron chi connectivity index (χ4n) is 1.33. The first-order valence-corrected chi connectivity index (χ1v) is 6.23. The molecule has 0 radical (unpaired) electrons. The van der Waals surface area contributed by atoms with Crippen molar-refractivity contribution in [2.24, 2.45) is 0 Å². The van der Waals surface area contributed by atoms with Crippen LogP contribution >= 0.6 is 11.3 Å². The maximum atomic E-state index is 4.94. The highest BCUT2D eigenvalue weighted by Gasteiger charge is 2.02. The summed E-state index contributed by atoms with van der Waals surface area (Å²) in [7, 11) is 1.68. The van der Waals surface area contributed by atoms with Crippen molar-refractivity contribution in [2.75, 3.05) is 20.3 Å². The van der Waals surface area contributed by atoms with Crippen molar-refractivity contribution in [1.82, 2.24) is 25.1 Å². The number of thiazole rings is 1. The van der Waals surface area contributed by atoms with Crippen molar-refractivity contribution >= 4 is 11.3 Å². The number of nitrogens with one attached hydrogen (secondary N) is 1. The summed E-state index contributed by atoms with van der Waals surface area (Å²) in [4.78, 5) is 8.42. The maximum Gasteiger partial charge on any atom is 0.164 e. The fourth-order valence-corrected chi connectivity index (χ4v) is 1.94. The van der Waals surface area contributed by atoms with Gasteiger partial charge in [-0.1, -0.05) is 0 Å². The van der Waals surface area contributed by atoms with E-state index in [9.17, 15) is 0 Å². The molecule has 0 bridgehead atoms. The fraction of sp³-hybridized carbons (Fsp3) is 0.500. The maximum absolute atomic E-state index is 4.94. The van der Waals surface area contributed by atoms with Gasteiger partial charge in [-0.25, -0.2) is 14.6 Å². The van der Waals surface area contributed by atoms with Crippen molar-refractivity contribution in [3.05, 3.63) is 28.7 Å². The van der Waals surface area contributed by atoms with E-state index in [0.717, 1.165) is 17.4 Å². The van der Waals surface area contributed by atoms with Gasteiger partial charge in [-0.15, -0.1) is 11.3 Å². The van der Waals surface area contributed by atoms with Crippen molar-refractivity contribution in [1.29, 1.82) is 0 Å². The van der Waals surface area contributed by atoms with Gasteiger partial charge in [-0.2, -0.15) is 5.10 Å². The Morgan fingerprint density at radius 3 is 3.18 bits per heavy atom. The van der Waals surface area contributed by atoms with Crippen LogP contribution in [-0.4, -0.2) is 40.0 Å². The van der Waals surface area contributed by atoms with Gasteiger partial charge < -0.3 is 10.1 Å². The molecule has 0 aromatic carbocycles. The molecule has 0 spiro atoms. The molecule has 2 aromatic rings. The molecular formula is C10H15N5OS. The predicted molar refractivity (Wildman–Crippen MR) is 64.8 cm³/mol. The van der Waals surface area contributed by atoms with Gasteiger partial charge in [0.25, 0.3) is 0 Å². The predicted octanol–water partition coefficient (Wildman–Crippen LogP) is 0.519. The molecule has 0 amide bonds. The Balaban J connectivity index is 1.79. The van der Waals surface area contributed by atoms with Crippen molar-refractivity contribution in [2.45, 2.75) is 13.1 Å². The van der Waals surface area contributed by atoms with Crippen molar-refractivity contribution in [3.8, 4) is 0 Å². The number of hydrogen-bond acceptors (Lipinski definition) is 6. The molecule has 2 rings (SSSR count). The number of aromatic nitrogens is 4.